The molecule has 0 spiro atoms. The Hall–Kier alpha value is -2.88. The van der Waals surface area contributed by atoms with Crippen LogP contribution in [0.1, 0.15) is 19.4 Å². The zero-order chi connectivity index (χ0) is 17.6. The van der Waals surface area contributed by atoms with Gasteiger partial charge in [0, 0.05) is 42.8 Å². The van der Waals surface area contributed by atoms with Crippen LogP contribution in [-0.2, 0) is 0 Å². The summed E-state index contributed by atoms with van der Waals surface area (Å²) in [4.78, 5) is 11.0. The maximum absolute atomic E-state index is 5.82. The topological polar surface area (TPSA) is 38.2 Å². The molecule has 0 N–H and O–H groups in total. The van der Waals surface area contributed by atoms with Crippen molar-refractivity contribution in [3.05, 3.63) is 66.5 Å². The Morgan fingerprint density at radius 1 is 0.880 bits per heavy atom. The van der Waals surface area contributed by atoms with Crippen LogP contribution < -0.4 is 9.64 Å². The van der Waals surface area contributed by atoms with Crippen LogP contribution in [0.5, 0.6) is 11.8 Å². The van der Waals surface area contributed by atoms with Gasteiger partial charge >= 0.3 is 6.01 Å². The van der Waals surface area contributed by atoms with Gasteiger partial charge in [-0.25, -0.2) is 9.97 Å². The van der Waals surface area contributed by atoms with E-state index in [-0.39, 0.29) is 0 Å². The summed E-state index contributed by atoms with van der Waals surface area (Å²) in [5.74, 6) is 0.743. The van der Waals surface area contributed by atoms with Crippen LogP contribution in [0, 0.1) is 6.92 Å². The van der Waals surface area contributed by atoms with Crippen LogP contribution in [0.25, 0.3) is 11.1 Å². The summed E-state index contributed by atoms with van der Waals surface area (Å²) >= 11 is 0. The van der Waals surface area contributed by atoms with Gasteiger partial charge in [0.2, 0.25) is 0 Å². The average Bonchev–Trinajstić information content (AvgIpc) is 2.65. The first-order valence-corrected chi connectivity index (χ1v) is 8.61. The number of benzene rings is 2. The first-order valence-electron chi connectivity index (χ1n) is 8.61. The van der Waals surface area contributed by atoms with Crippen molar-refractivity contribution < 1.29 is 4.74 Å². The molecule has 2 aromatic carbocycles. The second kappa shape index (κ2) is 7.79. The van der Waals surface area contributed by atoms with Gasteiger partial charge in [-0.05, 0) is 38.5 Å². The molecule has 4 heteroatoms. The molecule has 3 rings (SSSR count). The van der Waals surface area contributed by atoms with Gasteiger partial charge in [-0.2, -0.15) is 0 Å². The van der Waals surface area contributed by atoms with Gasteiger partial charge in [-0.1, -0.05) is 35.9 Å². The van der Waals surface area contributed by atoms with Crippen molar-refractivity contribution in [3.63, 3.8) is 0 Å². The number of aryl methyl sites for hydroxylation is 1. The molecule has 0 aliphatic rings. The minimum Gasteiger partial charge on any atom is -0.424 e. The quantitative estimate of drug-likeness (QED) is 0.630. The van der Waals surface area contributed by atoms with E-state index in [0.29, 0.717) is 6.01 Å². The lowest BCUT2D eigenvalue weighted by atomic mass is 10.1. The van der Waals surface area contributed by atoms with Crippen molar-refractivity contribution in [2.24, 2.45) is 0 Å². The Morgan fingerprint density at radius 2 is 1.56 bits per heavy atom. The van der Waals surface area contributed by atoms with Crippen LogP contribution in [0.2, 0.25) is 0 Å². The molecule has 0 radical (unpaired) electrons. The van der Waals surface area contributed by atoms with E-state index in [1.165, 1.54) is 5.56 Å². The SMILES string of the molecule is CCN(CC)c1cccc(Oc2ncc(-c3ccc(C)cc3)cn2)c1. The molecule has 1 heterocycles. The Kier molecular flexibility index (Phi) is 5.29. The minimum atomic E-state index is 0.354. The zero-order valence-corrected chi connectivity index (χ0v) is 14.9. The highest BCUT2D eigenvalue weighted by Crippen LogP contribution is 2.25. The maximum Gasteiger partial charge on any atom is 0.321 e. The highest BCUT2D eigenvalue weighted by atomic mass is 16.5. The minimum absolute atomic E-state index is 0.354. The first kappa shape index (κ1) is 17.0. The standard InChI is InChI=1S/C21H23N3O/c1-4-24(5-2)19-7-6-8-20(13-19)25-21-22-14-18(15-23-21)17-11-9-16(3)10-12-17/h6-15H,4-5H2,1-3H3. The second-order valence-corrected chi connectivity index (χ2v) is 5.89. The third-order valence-electron chi connectivity index (χ3n) is 4.17. The van der Waals surface area contributed by atoms with Crippen molar-refractivity contribution in [1.82, 2.24) is 9.97 Å². The third kappa shape index (κ3) is 4.15. The Morgan fingerprint density at radius 3 is 2.20 bits per heavy atom. The molecule has 0 saturated carbocycles. The number of anilines is 1. The highest BCUT2D eigenvalue weighted by Gasteiger charge is 2.06. The normalized spacial score (nSPS) is 10.5. The molecule has 0 fully saturated rings. The summed E-state index contributed by atoms with van der Waals surface area (Å²) in [5, 5.41) is 0. The second-order valence-electron chi connectivity index (χ2n) is 5.89. The number of aromatic nitrogens is 2. The van der Waals surface area contributed by atoms with Crippen molar-refractivity contribution in [3.8, 4) is 22.9 Å². The predicted octanol–water partition coefficient (Wildman–Crippen LogP) is 5.09. The molecule has 0 atom stereocenters. The molecule has 0 saturated heterocycles. The van der Waals surface area contributed by atoms with E-state index in [1.807, 2.05) is 18.2 Å². The van der Waals surface area contributed by atoms with Crippen molar-refractivity contribution in [2.45, 2.75) is 20.8 Å². The molecule has 0 aliphatic heterocycles. The van der Waals surface area contributed by atoms with Crippen LogP contribution in [0.4, 0.5) is 5.69 Å². The van der Waals surface area contributed by atoms with E-state index < -0.39 is 0 Å². The summed E-state index contributed by atoms with van der Waals surface area (Å²) in [6.45, 7) is 8.28. The van der Waals surface area contributed by atoms with Crippen molar-refractivity contribution in [1.29, 1.82) is 0 Å². The lowest BCUT2D eigenvalue weighted by Gasteiger charge is -2.21. The predicted molar refractivity (Wildman–Crippen MR) is 102 cm³/mol. The molecule has 128 valence electrons. The number of rotatable bonds is 6. The van der Waals surface area contributed by atoms with E-state index in [4.69, 9.17) is 4.74 Å². The Labute approximate surface area is 149 Å². The molecule has 4 nitrogen and oxygen atoms in total. The van der Waals surface area contributed by atoms with Gasteiger partial charge in [-0.15, -0.1) is 0 Å². The summed E-state index contributed by atoms with van der Waals surface area (Å²) in [7, 11) is 0. The molecule has 25 heavy (non-hydrogen) atoms. The van der Waals surface area contributed by atoms with Crippen LogP contribution in [0.15, 0.2) is 60.9 Å². The van der Waals surface area contributed by atoms with Gasteiger partial charge < -0.3 is 9.64 Å². The van der Waals surface area contributed by atoms with Gasteiger partial charge in [0.15, 0.2) is 0 Å². The maximum atomic E-state index is 5.82. The van der Waals surface area contributed by atoms with E-state index in [2.05, 4.69) is 66.0 Å². The smallest absolute Gasteiger partial charge is 0.321 e. The number of hydrogen-bond acceptors (Lipinski definition) is 4. The van der Waals surface area contributed by atoms with E-state index in [1.54, 1.807) is 12.4 Å². The summed E-state index contributed by atoms with van der Waals surface area (Å²) in [6.07, 6.45) is 3.59. The largest absolute Gasteiger partial charge is 0.424 e. The Bertz CT molecular complexity index is 809. The van der Waals surface area contributed by atoms with E-state index in [9.17, 15) is 0 Å². The van der Waals surface area contributed by atoms with Gasteiger partial charge in [0.25, 0.3) is 0 Å². The van der Waals surface area contributed by atoms with Gasteiger partial charge in [-0.3, -0.25) is 0 Å². The fourth-order valence-electron chi connectivity index (χ4n) is 2.70. The Balaban J connectivity index is 1.75. The lowest BCUT2D eigenvalue weighted by Crippen LogP contribution is -2.21. The fraction of sp³-hybridized carbons (Fsp3) is 0.238. The van der Waals surface area contributed by atoms with E-state index >= 15 is 0 Å². The molecule has 1 aromatic heterocycles. The first-order chi connectivity index (χ1) is 12.2. The lowest BCUT2D eigenvalue weighted by molar-refractivity contribution is 0.442. The zero-order valence-electron chi connectivity index (χ0n) is 14.9. The molecule has 0 unspecified atom stereocenters. The van der Waals surface area contributed by atoms with Crippen LogP contribution >= 0.6 is 0 Å². The van der Waals surface area contributed by atoms with Crippen molar-refractivity contribution in [2.75, 3.05) is 18.0 Å². The third-order valence-corrected chi connectivity index (χ3v) is 4.17. The molecule has 0 aliphatic carbocycles. The molecular formula is C21H23N3O. The molecule has 0 amide bonds. The number of nitrogens with zero attached hydrogens (tertiary/aromatic N) is 3. The summed E-state index contributed by atoms with van der Waals surface area (Å²) < 4.78 is 5.82. The number of hydrogen-bond donors (Lipinski definition) is 0. The van der Waals surface area contributed by atoms with Gasteiger partial charge in [0.05, 0.1) is 0 Å². The highest BCUT2D eigenvalue weighted by molar-refractivity contribution is 5.61. The summed E-state index contributed by atoms with van der Waals surface area (Å²) in [5.41, 5.74) is 4.45. The fourth-order valence-corrected chi connectivity index (χ4v) is 2.70. The molecule has 0 bridgehead atoms. The monoisotopic (exact) mass is 333 g/mol. The molecule has 3 aromatic rings. The van der Waals surface area contributed by atoms with E-state index in [0.717, 1.165) is 35.7 Å². The average molecular weight is 333 g/mol. The van der Waals surface area contributed by atoms with Gasteiger partial charge in [0.1, 0.15) is 5.75 Å². The molecular weight excluding hydrogens is 310 g/mol. The van der Waals surface area contributed by atoms with Crippen molar-refractivity contribution >= 4 is 5.69 Å². The number of ether oxygens (including phenoxy) is 1. The van der Waals surface area contributed by atoms with Crippen LogP contribution in [-0.4, -0.2) is 23.1 Å². The van der Waals surface area contributed by atoms with Crippen LogP contribution in [0.3, 0.4) is 0 Å². The summed E-state index contributed by atoms with van der Waals surface area (Å²) in [6, 6.07) is 16.7.